The molecule has 0 fully saturated rings. The Kier molecular flexibility index (Phi) is 20.2. The number of sulfone groups is 1. The number of aromatic nitrogens is 7. The van der Waals surface area contributed by atoms with Crippen molar-refractivity contribution < 1.29 is 61.6 Å². The Morgan fingerprint density at radius 1 is 0.521 bits per heavy atom. The Balaban J connectivity index is 0.000000166. The van der Waals surface area contributed by atoms with Crippen LogP contribution in [0.1, 0.15) is 22.3 Å². The van der Waals surface area contributed by atoms with Gasteiger partial charge in [-0.1, -0.05) is 42.5 Å². The van der Waals surface area contributed by atoms with E-state index in [0.29, 0.717) is 61.2 Å². The predicted octanol–water partition coefficient (Wildman–Crippen LogP) is 16.5. The highest BCUT2D eigenvalue weighted by Gasteiger charge is 2.38. The fourth-order valence-electron chi connectivity index (χ4n) is 9.25. The van der Waals surface area contributed by atoms with Crippen LogP contribution in [0.25, 0.3) is 43.5 Å². The molecule has 0 unspecified atom stereocenters. The topological polar surface area (TPSA) is 216 Å². The van der Waals surface area contributed by atoms with Crippen LogP contribution in [-0.4, -0.2) is 89.1 Å². The van der Waals surface area contributed by atoms with Gasteiger partial charge >= 0.3 is 18.5 Å². The molecule has 0 saturated heterocycles. The molecule has 0 aliphatic carbocycles. The van der Waals surface area contributed by atoms with Crippen molar-refractivity contribution in [2.75, 3.05) is 67.5 Å². The number of hydrogen-bond acceptors (Lipinski definition) is 16. The molecule has 30 heteroatoms. The van der Waals surface area contributed by atoms with E-state index in [1.165, 1.54) is 29.5 Å². The summed E-state index contributed by atoms with van der Waals surface area (Å²) >= 11 is 1.37. The van der Waals surface area contributed by atoms with Crippen molar-refractivity contribution >= 4 is 120 Å². The van der Waals surface area contributed by atoms with Crippen LogP contribution in [0.3, 0.4) is 0 Å². The smallest absolute Gasteiger partial charge is 0.365 e. The molecule has 6 aromatic carbocycles. The van der Waals surface area contributed by atoms with Crippen LogP contribution in [0, 0.1) is 0 Å². The van der Waals surface area contributed by atoms with Crippen LogP contribution < -0.4 is 37.2 Å². The summed E-state index contributed by atoms with van der Waals surface area (Å²) in [7, 11) is -8.85. The SMILES string of the molecule is CP(C)(=O)c1ccc(Nc2ncc(C(F)(F)F)c(-c3csc4ccccc34)n2)cc1.CP(C)(=O)c1ccc(Nc2ncc(C(F)(F)F)c(NCc3cccc(S(C)(=O)=O)c3)n2)cc1.Cn1ccc2ccc(-c3nc(Nc4ccc(P(C)(C)=O)cc4)ncc3C(F)(F)F)cc21. The van der Waals surface area contributed by atoms with E-state index < -0.39 is 72.3 Å². The molecule has 5 aromatic heterocycles. The molecule has 0 saturated carbocycles. The molecule has 0 aliphatic heterocycles. The summed E-state index contributed by atoms with van der Waals surface area (Å²) < 4.78 is 185. The minimum absolute atomic E-state index is 0.0407. The van der Waals surface area contributed by atoms with Crippen molar-refractivity contribution in [1.82, 2.24) is 34.5 Å². The van der Waals surface area contributed by atoms with Gasteiger partial charge in [0, 0.05) is 110 Å². The molecule has 94 heavy (non-hydrogen) atoms. The summed E-state index contributed by atoms with van der Waals surface area (Å²) in [5, 5.41) is 16.7. The van der Waals surface area contributed by atoms with Gasteiger partial charge < -0.3 is 39.5 Å². The van der Waals surface area contributed by atoms with Gasteiger partial charge in [0.1, 0.15) is 43.9 Å². The molecule has 0 spiro atoms. The van der Waals surface area contributed by atoms with E-state index in [1.54, 1.807) is 155 Å². The number of nitrogens with zero attached hydrogens (tertiary/aromatic N) is 7. The monoisotopic (exact) mass is 1390 g/mol. The second-order valence-electron chi connectivity index (χ2n) is 22.5. The third kappa shape index (κ3) is 17.5. The first kappa shape index (κ1) is 69.6. The first-order valence-corrected chi connectivity index (χ1v) is 38.6. The van der Waals surface area contributed by atoms with Crippen molar-refractivity contribution in [3.8, 4) is 22.5 Å². The first-order chi connectivity index (χ1) is 43.9. The molecule has 11 rings (SSSR count). The summed E-state index contributed by atoms with van der Waals surface area (Å²) in [6.45, 7) is 9.88. The fraction of sp³-hybridized carbons (Fsp3) is 0.188. The minimum Gasteiger partial charge on any atom is -0.365 e. The number of rotatable bonds is 15. The van der Waals surface area contributed by atoms with Crippen LogP contribution in [-0.2, 0) is 55.7 Å². The zero-order valence-corrected chi connectivity index (χ0v) is 55.5. The van der Waals surface area contributed by atoms with Gasteiger partial charge in [-0.15, -0.1) is 11.3 Å². The third-order valence-electron chi connectivity index (χ3n) is 14.2. The summed E-state index contributed by atoms with van der Waals surface area (Å²) in [6, 6.07) is 40.5. The number of anilines is 7. The van der Waals surface area contributed by atoms with Crippen LogP contribution in [0.4, 0.5) is 80.2 Å². The molecule has 0 radical (unpaired) electrons. The second kappa shape index (κ2) is 27.3. The van der Waals surface area contributed by atoms with Crippen molar-refractivity contribution in [1.29, 1.82) is 0 Å². The zero-order chi connectivity index (χ0) is 68.3. The van der Waals surface area contributed by atoms with Crippen molar-refractivity contribution in [3.05, 3.63) is 198 Å². The molecule has 490 valence electrons. The first-order valence-electron chi connectivity index (χ1n) is 28.0. The number of benzene rings is 6. The number of fused-ring (bicyclic) bond motifs is 2. The van der Waals surface area contributed by atoms with Gasteiger partial charge in [0.15, 0.2) is 9.84 Å². The average molecular weight is 1390 g/mol. The molecule has 0 bridgehead atoms. The minimum atomic E-state index is -4.69. The van der Waals surface area contributed by atoms with Crippen LogP contribution in [0.2, 0.25) is 0 Å². The highest BCUT2D eigenvalue weighted by molar-refractivity contribution is 7.90. The number of hydrogen-bond donors (Lipinski definition) is 4. The Bertz CT molecular complexity index is 4840. The van der Waals surface area contributed by atoms with Crippen molar-refractivity contribution in [2.45, 2.75) is 30.0 Å². The summed E-state index contributed by atoms with van der Waals surface area (Å²) in [4.78, 5) is 23.9. The number of thiophene rings is 1. The van der Waals surface area contributed by atoms with Crippen molar-refractivity contribution in [3.63, 3.8) is 0 Å². The van der Waals surface area contributed by atoms with Crippen LogP contribution in [0.5, 0.6) is 0 Å². The van der Waals surface area contributed by atoms with E-state index in [1.807, 2.05) is 36.0 Å². The maximum Gasteiger partial charge on any atom is 0.421 e. The van der Waals surface area contributed by atoms with E-state index in [4.69, 9.17) is 0 Å². The molecule has 5 heterocycles. The lowest BCUT2D eigenvalue weighted by molar-refractivity contribution is -0.138. The van der Waals surface area contributed by atoms with Gasteiger partial charge in [-0.05, 0) is 154 Å². The highest BCUT2D eigenvalue weighted by Crippen LogP contribution is 2.43. The predicted molar refractivity (Wildman–Crippen MR) is 357 cm³/mol. The summed E-state index contributed by atoms with van der Waals surface area (Å²) in [5.41, 5.74) is 0.521. The largest absolute Gasteiger partial charge is 0.421 e. The van der Waals surface area contributed by atoms with Gasteiger partial charge in [-0.2, -0.15) is 44.5 Å². The standard InChI is InChI=1S/C22H20F3N4OP.C21H22F3N4O3PS.C21H17F3N3OPS/c1-29-11-10-14-4-5-15(12-19(14)29)20-18(22(23,24)25)13-26-21(28-20)27-16-6-8-17(9-7-16)31(2,3)30;1-32(2,29)16-9-7-15(8-10-16)27-20-26-13-18(21(22,23)24)19(28-20)25-12-14-5-4-6-17(11-14)33(3,30)31;1-29(2,28)14-9-7-13(8-10-14)26-20-25-11-17(21(22,23)24)19(27-20)16-12-30-18-6-4-3-5-15(16)18/h4-13H,1-3H3,(H,26,27,28);4-11,13H,12H2,1-3H3,(H2,25,26,27,28);3-12H,1-2H3,(H,25,26,27). The van der Waals surface area contributed by atoms with E-state index >= 15 is 0 Å². The van der Waals surface area contributed by atoms with Gasteiger partial charge in [0.2, 0.25) is 17.8 Å². The van der Waals surface area contributed by atoms with E-state index in [0.717, 1.165) is 34.3 Å². The lowest BCUT2D eigenvalue weighted by Gasteiger charge is -2.15. The Hall–Kier alpha value is -8.73. The van der Waals surface area contributed by atoms with Gasteiger partial charge in [-0.3, -0.25) is 0 Å². The number of aryl methyl sites for hydroxylation is 1. The Morgan fingerprint density at radius 3 is 1.46 bits per heavy atom. The van der Waals surface area contributed by atoms with E-state index in [9.17, 15) is 61.6 Å². The molecule has 0 atom stereocenters. The fourth-order valence-corrected chi connectivity index (χ4v) is 13.5. The van der Waals surface area contributed by atoms with Gasteiger partial charge in [0.05, 0.1) is 16.3 Å². The maximum absolute atomic E-state index is 13.6. The maximum atomic E-state index is 13.6. The molecule has 16 nitrogen and oxygen atoms in total. The zero-order valence-electron chi connectivity index (χ0n) is 51.2. The highest BCUT2D eigenvalue weighted by atomic mass is 32.2. The Labute approximate surface area is 538 Å². The molecule has 11 aromatic rings. The van der Waals surface area contributed by atoms with Crippen LogP contribution in [0.15, 0.2) is 181 Å². The van der Waals surface area contributed by atoms with Crippen molar-refractivity contribution in [2.24, 2.45) is 7.05 Å². The molecular formula is C64H59F9N11O5P3S2. The normalized spacial score (nSPS) is 12.4. The van der Waals surface area contributed by atoms with Gasteiger partial charge in [0.25, 0.3) is 0 Å². The number of alkyl halides is 9. The molecule has 0 amide bonds. The lowest BCUT2D eigenvalue weighted by Crippen LogP contribution is -2.14. The summed E-state index contributed by atoms with van der Waals surface area (Å²) in [5.74, 6) is -0.427. The lowest BCUT2D eigenvalue weighted by atomic mass is 10.1. The average Bonchev–Trinajstić information content (AvgIpc) is 1.42. The second-order valence-corrected chi connectivity index (χ2v) is 35.1. The van der Waals surface area contributed by atoms with E-state index in [-0.39, 0.29) is 40.7 Å². The van der Waals surface area contributed by atoms with Gasteiger partial charge in [-0.25, -0.2) is 33.3 Å². The quantitative estimate of drug-likeness (QED) is 0.0555. The number of nitrogens with one attached hydrogen (secondary N) is 4. The molecule has 0 aliphatic rings. The summed E-state index contributed by atoms with van der Waals surface area (Å²) in [6.07, 6.45) is -8.70. The van der Waals surface area contributed by atoms with Crippen LogP contribution >= 0.6 is 32.8 Å². The third-order valence-corrected chi connectivity index (χ3v) is 20.9. The van der Waals surface area contributed by atoms with E-state index in [2.05, 4.69) is 51.2 Å². The molecular weight excluding hydrogens is 1330 g/mol. The number of halogens is 9. The molecule has 4 N–H and O–H groups in total. The Morgan fingerprint density at radius 2 is 0.979 bits per heavy atom.